The second-order valence-electron chi connectivity index (χ2n) is 5.62. The molecule has 126 valence electrons. The van der Waals surface area contributed by atoms with Gasteiger partial charge in [-0.3, -0.25) is 4.79 Å². The largest absolute Gasteiger partial charge is 0.323 e. The van der Waals surface area contributed by atoms with Gasteiger partial charge in [0.15, 0.2) is 0 Å². The third-order valence-electron chi connectivity index (χ3n) is 3.75. The maximum Gasteiger partial charge on any atom is 0.258 e. The van der Waals surface area contributed by atoms with Crippen LogP contribution in [0.25, 0.3) is 0 Å². The van der Waals surface area contributed by atoms with Gasteiger partial charge in [0.2, 0.25) is 5.95 Å². The predicted octanol–water partition coefficient (Wildman–Crippen LogP) is 4.85. The molecule has 2 N–H and O–H groups in total. The van der Waals surface area contributed by atoms with Crippen LogP contribution in [0, 0.1) is 13.8 Å². The minimum absolute atomic E-state index is 0.232. The summed E-state index contributed by atoms with van der Waals surface area (Å²) in [6.45, 7) is 3.92. The number of halogens is 1. The highest BCUT2D eigenvalue weighted by Crippen LogP contribution is 2.24. The third-order valence-corrected chi connectivity index (χ3v) is 4.45. The number of aromatic nitrogens is 2. The smallest absolute Gasteiger partial charge is 0.258 e. The van der Waals surface area contributed by atoms with Gasteiger partial charge in [0.1, 0.15) is 0 Å². The van der Waals surface area contributed by atoms with Gasteiger partial charge in [-0.2, -0.15) is 0 Å². The number of nitrogens with one attached hydrogen (secondary N) is 2. The van der Waals surface area contributed by atoms with E-state index in [0.29, 0.717) is 11.5 Å². The predicted molar refractivity (Wildman–Crippen MR) is 103 cm³/mol. The number of aryl methyl sites for hydroxylation is 2. The molecule has 0 radical (unpaired) electrons. The van der Waals surface area contributed by atoms with E-state index >= 15 is 0 Å². The summed E-state index contributed by atoms with van der Waals surface area (Å²) in [6, 6.07) is 13.6. The quantitative estimate of drug-likeness (QED) is 0.661. The number of benzene rings is 2. The molecule has 0 fully saturated rings. The van der Waals surface area contributed by atoms with Crippen LogP contribution < -0.4 is 10.6 Å². The van der Waals surface area contributed by atoms with Crippen LogP contribution in [-0.4, -0.2) is 15.9 Å². The van der Waals surface area contributed by atoms with Crippen molar-refractivity contribution < 1.29 is 4.79 Å². The number of anilines is 3. The van der Waals surface area contributed by atoms with E-state index < -0.39 is 0 Å². The lowest BCUT2D eigenvalue weighted by atomic mass is 10.1. The molecule has 0 aliphatic heterocycles. The SMILES string of the molecule is Cc1cccc(C)c1NC(=O)c1cnc(Nc2ccccc2Br)nc1. The lowest BCUT2D eigenvalue weighted by molar-refractivity contribution is 0.102. The second-order valence-corrected chi connectivity index (χ2v) is 6.48. The average Bonchev–Trinajstić information content (AvgIpc) is 2.61. The topological polar surface area (TPSA) is 66.9 Å². The maximum absolute atomic E-state index is 12.4. The zero-order chi connectivity index (χ0) is 17.8. The van der Waals surface area contributed by atoms with E-state index in [-0.39, 0.29) is 5.91 Å². The molecule has 0 aliphatic carbocycles. The van der Waals surface area contributed by atoms with Crippen molar-refractivity contribution in [2.45, 2.75) is 13.8 Å². The molecule has 25 heavy (non-hydrogen) atoms. The molecule has 0 unspecified atom stereocenters. The Hall–Kier alpha value is -2.73. The molecule has 1 heterocycles. The molecule has 3 rings (SSSR count). The fourth-order valence-corrected chi connectivity index (χ4v) is 2.77. The fourth-order valence-electron chi connectivity index (χ4n) is 2.39. The van der Waals surface area contributed by atoms with Crippen LogP contribution in [-0.2, 0) is 0 Å². The van der Waals surface area contributed by atoms with Gasteiger partial charge in [0, 0.05) is 22.6 Å². The van der Waals surface area contributed by atoms with Crippen molar-refractivity contribution in [3.63, 3.8) is 0 Å². The summed E-state index contributed by atoms with van der Waals surface area (Å²) in [4.78, 5) is 20.9. The van der Waals surface area contributed by atoms with Gasteiger partial charge in [0.05, 0.1) is 11.3 Å². The number of carbonyl (C=O) groups is 1. The molecule has 1 aromatic heterocycles. The van der Waals surface area contributed by atoms with Gasteiger partial charge >= 0.3 is 0 Å². The molecule has 0 saturated heterocycles. The van der Waals surface area contributed by atoms with E-state index in [2.05, 4.69) is 36.5 Å². The second kappa shape index (κ2) is 7.44. The van der Waals surface area contributed by atoms with Gasteiger partial charge in [-0.05, 0) is 53.0 Å². The van der Waals surface area contributed by atoms with Crippen LogP contribution in [0.5, 0.6) is 0 Å². The van der Waals surface area contributed by atoms with Crippen molar-refractivity contribution in [2.24, 2.45) is 0 Å². The number of nitrogens with zero attached hydrogens (tertiary/aromatic N) is 2. The molecule has 3 aromatic rings. The van der Waals surface area contributed by atoms with Gasteiger partial charge in [0.25, 0.3) is 5.91 Å². The first-order valence-electron chi connectivity index (χ1n) is 7.76. The fraction of sp³-hybridized carbons (Fsp3) is 0.105. The first-order valence-corrected chi connectivity index (χ1v) is 8.55. The maximum atomic E-state index is 12.4. The molecule has 0 aliphatic rings. The van der Waals surface area contributed by atoms with E-state index in [4.69, 9.17) is 0 Å². The minimum Gasteiger partial charge on any atom is -0.323 e. The zero-order valence-electron chi connectivity index (χ0n) is 13.9. The van der Waals surface area contributed by atoms with Crippen LogP contribution in [0.15, 0.2) is 59.3 Å². The number of hydrogen-bond donors (Lipinski definition) is 2. The molecule has 6 heteroatoms. The van der Waals surface area contributed by atoms with Crippen molar-refractivity contribution in [1.29, 1.82) is 0 Å². The number of carbonyl (C=O) groups excluding carboxylic acids is 1. The Morgan fingerprint density at radius 2 is 1.60 bits per heavy atom. The summed E-state index contributed by atoms with van der Waals surface area (Å²) in [6.07, 6.45) is 3.02. The lowest BCUT2D eigenvalue weighted by Crippen LogP contribution is -2.14. The molecule has 5 nitrogen and oxygen atoms in total. The van der Waals surface area contributed by atoms with E-state index in [9.17, 15) is 4.79 Å². The minimum atomic E-state index is -0.232. The normalized spacial score (nSPS) is 10.4. The van der Waals surface area contributed by atoms with Gasteiger partial charge in [-0.25, -0.2) is 9.97 Å². The van der Waals surface area contributed by atoms with E-state index in [1.165, 1.54) is 12.4 Å². The Kier molecular flexibility index (Phi) is 5.09. The summed E-state index contributed by atoms with van der Waals surface area (Å²) in [7, 11) is 0. The standard InChI is InChI=1S/C19H17BrN4O/c1-12-6-5-7-13(2)17(12)24-18(25)14-10-21-19(22-11-14)23-16-9-4-3-8-15(16)20/h3-11H,1-2H3,(H,24,25)(H,21,22,23). The Balaban J connectivity index is 1.74. The van der Waals surface area contributed by atoms with Crippen molar-refractivity contribution in [2.75, 3.05) is 10.6 Å². The number of rotatable bonds is 4. The van der Waals surface area contributed by atoms with E-state index in [0.717, 1.165) is 27.0 Å². The first kappa shape index (κ1) is 17.1. The summed E-state index contributed by atoms with van der Waals surface area (Å²) in [5, 5.41) is 6.03. The highest BCUT2D eigenvalue weighted by molar-refractivity contribution is 9.10. The van der Waals surface area contributed by atoms with Crippen molar-refractivity contribution in [3.8, 4) is 0 Å². The van der Waals surface area contributed by atoms with Crippen LogP contribution in [0.3, 0.4) is 0 Å². The van der Waals surface area contributed by atoms with Crippen molar-refractivity contribution in [1.82, 2.24) is 9.97 Å². The highest BCUT2D eigenvalue weighted by atomic mass is 79.9. The Labute approximate surface area is 154 Å². The molecule has 0 spiro atoms. The molecule has 0 bridgehead atoms. The number of amides is 1. The van der Waals surface area contributed by atoms with Crippen LogP contribution in [0.2, 0.25) is 0 Å². The zero-order valence-corrected chi connectivity index (χ0v) is 15.5. The Morgan fingerprint density at radius 1 is 0.960 bits per heavy atom. The highest BCUT2D eigenvalue weighted by Gasteiger charge is 2.11. The Bertz CT molecular complexity index is 889. The summed E-state index contributed by atoms with van der Waals surface area (Å²) >= 11 is 3.46. The molecule has 0 atom stereocenters. The number of hydrogen-bond acceptors (Lipinski definition) is 4. The van der Waals surface area contributed by atoms with Crippen molar-refractivity contribution >= 4 is 39.2 Å². The monoisotopic (exact) mass is 396 g/mol. The molecule has 0 saturated carbocycles. The average molecular weight is 397 g/mol. The number of para-hydroxylation sites is 2. The van der Waals surface area contributed by atoms with Crippen molar-refractivity contribution in [3.05, 3.63) is 76.0 Å². The lowest BCUT2D eigenvalue weighted by Gasteiger charge is -2.11. The summed E-state index contributed by atoms with van der Waals surface area (Å²) in [5.74, 6) is 0.195. The summed E-state index contributed by atoms with van der Waals surface area (Å²) in [5.41, 5.74) is 4.11. The van der Waals surface area contributed by atoms with Gasteiger partial charge < -0.3 is 10.6 Å². The van der Waals surface area contributed by atoms with Gasteiger partial charge in [-0.1, -0.05) is 30.3 Å². The van der Waals surface area contributed by atoms with Crippen LogP contribution in [0.1, 0.15) is 21.5 Å². The third kappa shape index (κ3) is 4.03. The van der Waals surface area contributed by atoms with Crippen LogP contribution >= 0.6 is 15.9 Å². The van der Waals surface area contributed by atoms with E-state index in [1.54, 1.807) is 0 Å². The van der Waals surface area contributed by atoms with Crippen LogP contribution in [0.4, 0.5) is 17.3 Å². The van der Waals surface area contributed by atoms with E-state index in [1.807, 2.05) is 56.3 Å². The van der Waals surface area contributed by atoms with Gasteiger partial charge in [-0.15, -0.1) is 0 Å². The molecular formula is C19H17BrN4O. The molecule has 1 amide bonds. The Morgan fingerprint density at radius 3 is 2.24 bits per heavy atom. The summed E-state index contributed by atoms with van der Waals surface area (Å²) < 4.78 is 0.912. The molecular weight excluding hydrogens is 380 g/mol. The first-order chi connectivity index (χ1) is 12.0. The molecule has 2 aromatic carbocycles.